The van der Waals surface area contributed by atoms with Gasteiger partial charge in [-0.1, -0.05) is 0 Å². The fraction of sp³-hybridized carbons (Fsp3) is 0. The molecule has 0 aliphatic carbocycles. The van der Waals surface area contributed by atoms with Gasteiger partial charge < -0.3 is 22.0 Å². The van der Waals surface area contributed by atoms with E-state index in [1.165, 1.54) is 0 Å². The average molecular weight is 244 g/mol. The Bertz CT molecular complexity index is 38.7. The van der Waals surface area contributed by atoms with E-state index >= 15 is 0 Å². The molecule has 4 nitrogen and oxygen atoms in total. The molecule has 0 atom stereocenters. The van der Waals surface area contributed by atoms with Crippen LogP contribution < -0.4 is 0 Å². The Kier molecular flexibility index (Phi) is 25.9. The molecule has 0 spiro atoms. The molecule has 0 aromatic rings. The van der Waals surface area contributed by atoms with Gasteiger partial charge in [-0.25, -0.2) is 0 Å². The Morgan fingerprint density at radius 2 is 1.00 bits per heavy atom. The SMILES string of the molecule is O[Si](O)(O)O.[AlH3].[H-].[H-].[Mg+2].[Zr]. The number of hydrogen-bond acceptors (Lipinski definition) is 4. The van der Waals surface area contributed by atoms with Gasteiger partial charge in [0, 0.05) is 26.2 Å². The summed E-state index contributed by atoms with van der Waals surface area (Å²) >= 11 is 0. The second-order valence-corrected chi connectivity index (χ2v) is 1.80. The zero-order chi connectivity index (χ0) is 4.50. The summed E-state index contributed by atoms with van der Waals surface area (Å²) in [6, 6.07) is 0. The topological polar surface area (TPSA) is 80.9 Å². The first-order valence-corrected chi connectivity index (χ1v) is 2.68. The van der Waals surface area contributed by atoms with Crippen LogP contribution in [0.3, 0.4) is 0 Å². The molecule has 0 aliphatic heterocycles. The van der Waals surface area contributed by atoms with Crippen LogP contribution in [0.2, 0.25) is 0 Å². The summed E-state index contributed by atoms with van der Waals surface area (Å²) in [4.78, 5) is 29.3. The summed E-state index contributed by atoms with van der Waals surface area (Å²) < 4.78 is 0. The molecule has 0 saturated carbocycles. The average Bonchev–Trinajstić information content (AvgIpc) is 0.722. The van der Waals surface area contributed by atoms with E-state index in [4.69, 9.17) is 19.2 Å². The molecule has 8 heteroatoms. The molecule has 0 aromatic heterocycles. The van der Waals surface area contributed by atoms with Crippen LogP contribution in [0.25, 0.3) is 0 Å². The first kappa shape index (κ1) is 22.5. The van der Waals surface area contributed by atoms with E-state index in [0.717, 1.165) is 0 Å². The predicted molar refractivity (Wildman–Crippen MR) is 32.5 cm³/mol. The van der Waals surface area contributed by atoms with Crippen molar-refractivity contribution in [3.05, 3.63) is 0 Å². The minimum Gasteiger partial charge on any atom is -1.00 e. The standard InChI is InChI=1S/Al.Mg.H4O4Si.Zr.5H/c;;1-5(2,3)4;;;;;;/h;;1-4H;;;;;;/q;+2;;;;;;2*-1. The van der Waals surface area contributed by atoms with Crippen LogP contribution in [0.4, 0.5) is 0 Å². The third-order valence-electron chi connectivity index (χ3n) is 0. The van der Waals surface area contributed by atoms with E-state index in [1.807, 2.05) is 0 Å². The molecule has 8 heavy (non-hydrogen) atoms. The molecular weight excluding hydrogens is 235 g/mol. The monoisotopic (exact) mass is 242 g/mol. The van der Waals surface area contributed by atoms with Gasteiger partial charge in [0.05, 0.1) is 0 Å². The second-order valence-electron chi connectivity index (χ2n) is 0.600. The summed E-state index contributed by atoms with van der Waals surface area (Å²) in [6.45, 7) is 0. The molecule has 0 aliphatic rings. The van der Waals surface area contributed by atoms with Gasteiger partial charge in [-0.05, 0) is 0 Å². The minimum atomic E-state index is -4.61. The van der Waals surface area contributed by atoms with Crippen molar-refractivity contribution >= 4 is 49.5 Å². The molecule has 0 heterocycles. The fourth-order valence-corrected chi connectivity index (χ4v) is 0. The maximum absolute atomic E-state index is 7.33. The van der Waals surface area contributed by atoms with E-state index in [1.54, 1.807) is 0 Å². The van der Waals surface area contributed by atoms with Crippen LogP contribution in [-0.4, -0.2) is 68.6 Å². The molecule has 0 aromatic carbocycles. The molecule has 0 rings (SSSR count). The molecule has 0 unspecified atom stereocenters. The largest absolute Gasteiger partial charge is 2.00 e. The van der Waals surface area contributed by atoms with Crippen molar-refractivity contribution in [2.24, 2.45) is 0 Å². The van der Waals surface area contributed by atoms with Gasteiger partial charge in [-0.3, -0.25) is 0 Å². The molecule has 4 N–H and O–H groups in total. The van der Waals surface area contributed by atoms with Crippen molar-refractivity contribution in [3.63, 3.8) is 0 Å². The first-order valence-electron chi connectivity index (χ1n) is 0.894. The minimum absolute atomic E-state index is 0. The molecule has 46 valence electrons. The summed E-state index contributed by atoms with van der Waals surface area (Å²) in [7, 11) is -4.61. The maximum Gasteiger partial charge on any atom is 2.00 e. The van der Waals surface area contributed by atoms with Crippen LogP contribution in [-0.2, 0) is 26.2 Å². The number of hydrogen-bond donors (Lipinski definition) is 4. The Labute approximate surface area is 96.8 Å². The van der Waals surface area contributed by atoms with E-state index in [2.05, 4.69) is 0 Å². The summed E-state index contributed by atoms with van der Waals surface area (Å²) in [5.41, 5.74) is 0. The molecule has 0 saturated heterocycles. The predicted octanol–water partition coefficient (Wildman–Crippen LogP) is -3.95. The van der Waals surface area contributed by atoms with Gasteiger partial charge in [0.25, 0.3) is 0 Å². The third-order valence-corrected chi connectivity index (χ3v) is 0. The van der Waals surface area contributed by atoms with Crippen LogP contribution in [0.5, 0.6) is 0 Å². The van der Waals surface area contributed by atoms with Gasteiger partial charge >= 0.3 is 32.1 Å². The van der Waals surface area contributed by atoms with E-state index in [9.17, 15) is 0 Å². The summed E-state index contributed by atoms with van der Waals surface area (Å²) in [6.07, 6.45) is 0. The molecule has 0 amide bonds. The van der Waals surface area contributed by atoms with Crippen LogP contribution in [0, 0.1) is 0 Å². The molecule has 0 bridgehead atoms. The summed E-state index contributed by atoms with van der Waals surface area (Å²) in [5, 5.41) is 0. The van der Waals surface area contributed by atoms with Gasteiger partial charge in [0.2, 0.25) is 0 Å². The van der Waals surface area contributed by atoms with Gasteiger partial charge in [0.15, 0.2) is 17.4 Å². The van der Waals surface area contributed by atoms with Crippen molar-refractivity contribution in [1.82, 2.24) is 0 Å². The van der Waals surface area contributed by atoms with Crippen molar-refractivity contribution in [2.45, 2.75) is 0 Å². The smallest absolute Gasteiger partial charge is 1.00 e. The molecule has 0 radical (unpaired) electrons. The Hall–Kier alpha value is 2.24. The van der Waals surface area contributed by atoms with Crippen LogP contribution >= 0.6 is 0 Å². The second kappa shape index (κ2) is 9.24. The Morgan fingerprint density at radius 3 is 1.00 bits per heavy atom. The van der Waals surface area contributed by atoms with E-state index in [0.29, 0.717) is 0 Å². The maximum atomic E-state index is 7.33. The van der Waals surface area contributed by atoms with Crippen LogP contribution in [0.1, 0.15) is 2.85 Å². The normalized spacial score (nSPS) is 7.50. The fourth-order valence-electron chi connectivity index (χ4n) is 0. The van der Waals surface area contributed by atoms with Crippen molar-refractivity contribution in [1.29, 1.82) is 0 Å². The molecule has 0 fully saturated rings. The summed E-state index contributed by atoms with van der Waals surface area (Å²) in [5.74, 6) is 0. The van der Waals surface area contributed by atoms with Gasteiger partial charge in [0.1, 0.15) is 0 Å². The number of rotatable bonds is 0. The van der Waals surface area contributed by atoms with Gasteiger partial charge in [-0.15, -0.1) is 0 Å². The van der Waals surface area contributed by atoms with Crippen LogP contribution in [0.15, 0.2) is 0 Å². The first-order chi connectivity index (χ1) is 2.00. The van der Waals surface area contributed by atoms with Crippen molar-refractivity contribution in [2.75, 3.05) is 0 Å². The zero-order valence-electron chi connectivity index (χ0n) is 5.50. The van der Waals surface area contributed by atoms with Gasteiger partial charge in [-0.2, -0.15) is 0 Å². The van der Waals surface area contributed by atoms with Crippen molar-refractivity contribution in [3.8, 4) is 0 Å². The Balaban J connectivity index is -0.00000000800. The van der Waals surface area contributed by atoms with Crippen molar-refractivity contribution < 1.29 is 48.2 Å². The molecular formula is H9AlMgO4SiZr. The quantitative estimate of drug-likeness (QED) is 0.328. The Morgan fingerprint density at radius 1 is 1.00 bits per heavy atom. The third kappa shape index (κ3) is 86.1. The zero-order valence-corrected chi connectivity index (χ0v) is 8.37. The van der Waals surface area contributed by atoms with E-state index < -0.39 is 9.05 Å². The van der Waals surface area contributed by atoms with E-state index in [-0.39, 0.29) is 69.5 Å².